The summed E-state index contributed by atoms with van der Waals surface area (Å²) in [6.07, 6.45) is 40.4. The van der Waals surface area contributed by atoms with Gasteiger partial charge < -0.3 is 0 Å². The smallest absolute Gasteiger partial charge is 0.0414 e. The van der Waals surface area contributed by atoms with E-state index in [0.717, 1.165) is 5.92 Å². The van der Waals surface area contributed by atoms with Crippen molar-refractivity contribution in [3.63, 3.8) is 0 Å². The van der Waals surface area contributed by atoms with Crippen molar-refractivity contribution in [3.8, 4) is 0 Å². The minimum Gasteiger partial charge on any atom is -0.0654 e. The molecule has 0 bridgehead atoms. The molecule has 0 atom stereocenters. The van der Waals surface area contributed by atoms with Crippen molar-refractivity contribution in [3.05, 3.63) is 0 Å². The molecule has 0 aromatic rings. The molecule has 29 heavy (non-hydrogen) atoms. The fourth-order valence-electron chi connectivity index (χ4n) is 5.34. The summed E-state index contributed by atoms with van der Waals surface area (Å²) in [6.45, 7) is 2.31. The molecule has 1 fully saturated rings. The van der Waals surface area contributed by atoms with Crippen LogP contribution in [0.5, 0.6) is 0 Å². The van der Waals surface area contributed by atoms with Crippen LogP contribution >= 0.6 is 0 Å². The van der Waals surface area contributed by atoms with Gasteiger partial charge in [0, 0.05) is 0 Å². The van der Waals surface area contributed by atoms with E-state index in [-0.39, 0.29) is 0 Å². The average molecular weight is 407 g/mol. The minimum atomic E-state index is 1.10. The molecule has 1 aliphatic carbocycles. The van der Waals surface area contributed by atoms with Crippen LogP contribution in [-0.4, -0.2) is 0 Å². The van der Waals surface area contributed by atoms with Gasteiger partial charge in [-0.2, -0.15) is 0 Å². The zero-order valence-electron chi connectivity index (χ0n) is 20.7. The van der Waals surface area contributed by atoms with E-state index in [1.807, 2.05) is 0 Å². The highest BCUT2D eigenvalue weighted by Gasteiger charge is 2.12. The van der Waals surface area contributed by atoms with E-state index in [9.17, 15) is 0 Å². The van der Waals surface area contributed by atoms with Gasteiger partial charge in [-0.05, 0) is 5.92 Å². The lowest BCUT2D eigenvalue weighted by atomic mass is 9.85. The predicted molar refractivity (Wildman–Crippen MR) is 134 cm³/mol. The summed E-state index contributed by atoms with van der Waals surface area (Å²) < 4.78 is 0. The van der Waals surface area contributed by atoms with Gasteiger partial charge in [-0.15, -0.1) is 0 Å². The summed E-state index contributed by atoms with van der Waals surface area (Å²) in [5.41, 5.74) is 0. The molecule has 1 saturated carbocycles. The zero-order chi connectivity index (χ0) is 20.7. The monoisotopic (exact) mass is 406 g/mol. The molecular formula is C29H58. The zero-order valence-corrected chi connectivity index (χ0v) is 20.7. The van der Waals surface area contributed by atoms with Gasteiger partial charge in [0.05, 0.1) is 0 Å². The van der Waals surface area contributed by atoms with Gasteiger partial charge in [0.25, 0.3) is 0 Å². The summed E-state index contributed by atoms with van der Waals surface area (Å²) >= 11 is 0. The van der Waals surface area contributed by atoms with Crippen LogP contribution in [0.3, 0.4) is 0 Å². The molecule has 0 heteroatoms. The summed E-state index contributed by atoms with van der Waals surface area (Å²) in [7, 11) is 0. The Morgan fingerprint density at radius 1 is 0.379 bits per heavy atom. The molecule has 0 unspecified atom stereocenters. The van der Waals surface area contributed by atoms with Crippen LogP contribution in [-0.2, 0) is 0 Å². The molecular weight excluding hydrogens is 348 g/mol. The number of unbranched alkanes of at least 4 members (excludes halogenated alkanes) is 20. The lowest BCUT2D eigenvalue weighted by Gasteiger charge is -2.21. The van der Waals surface area contributed by atoms with Crippen LogP contribution in [0.15, 0.2) is 0 Å². The molecule has 0 spiro atoms. The topological polar surface area (TPSA) is 0 Å². The Labute approximate surface area is 186 Å². The van der Waals surface area contributed by atoms with Gasteiger partial charge in [-0.3, -0.25) is 0 Å². The average Bonchev–Trinajstić information content (AvgIpc) is 2.75. The Balaban J connectivity index is 1.63. The van der Waals surface area contributed by atoms with Crippen molar-refractivity contribution in [1.82, 2.24) is 0 Å². The maximum atomic E-state index is 2.31. The van der Waals surface area contributed by atoms with Crippen LogP contribution in [0.25, 0.3) is 0 Å². The third kappa shape index (κ3) is 19.7. The standard InChI is InChI=1S/C29H58/c1-2-3-4-5-6-7-8-9-10-11-12-13-14-15-16-17-18-19-20-21-23-26-29-27-24-22-25-28-29/h29H,2-28H2,1H3. The number of rotatable bonds is 22. The largest absolute Gasteiger partial charge is 0.0654 e. The Bertz CT molecular complexity index is 288. The minimum absolute atomic E-state index is 1.10. The molecule has 0 aliphatic heterocycles. The predicted octanol–water partition coefficient (Wildman–Crippen LogP) is 11.2. The third-order valence-electron chi connectivity index (χ3n) is 7.44. The highest BCUT2D eigenvalue weighted by atomic mass is 14.2. The lowest BCUT2D eigenvalue weighted by Crippen LogP contribution is -2.05. The second-order valence-corrected chi connectivity index (χ2v) is 10.4. The highest BCUT2D eigenvalue weighted by Crippen LogP contribution is 2.28. The van der Waals surface area contributed by atoms with E-state index >= 15 is 0 Å². The van der Waals surface area contributed by atoms with Crippen molar-refractivity contribution in [2.75, 3.05) is 0 Å². The van der Waals surface area contributed by atoms with Crippen molar-refractivity contribution in [1.29, 1.82) is 0 Å². The maximum Gasteiger partial charge on any atom is -0.0414 e. The molecule has 0 heterocycles. The molecule has 0 aromatic heterocycles. The normalized spacial score (nSPS) is 15.2. The molecule has 0 aromatic carbocycles. The molecule has 0 saturated heterocycles. The summed E-state index contributed by atoms with van der Waals surface area (Å²) in [5.74, 6) is 1.10. The van der Waals surface area contributed by atoms with E-state index in [1.54, 1.807) is 19.3 Å². The van der Waals surface area contributed by atoms with E-state index in [2.05, 4.69) is 6.92 Å². The van der Waals surface area contributed by atoms with Gasteiger partial charge >= 0.3 is 0 Å². The molecule has 174 valence electrons. The van der Waals surface area contributed by atoms with Crippen LogP contribution in [0.4, 0.5) is 0 Å². The fraction of sp³-hybridized carbons (Fsp3) is 1.00. The molecule has 0 nitrogen and oxygen atoms in total. The molecule has 1 rings (SSSR count). The summed E-state index contributed by atoms with van der Waals surface area (Å²) in [4.78, 5) is 0. The van der Waals surface area contributed by atoms with Gasteiger partial charge in [0.15, 0.2) is 0 Å². The summed E-state index contributed by atoms with van der Waals surface area (Å²) in [6, 6.07) is 0. The van der Waals surface area contributed by atoms with E-state index in [1.165, 1.54) is 154 Å². The van der Waals surface area contributed by atoms with Crippen molar-refractivity contribution >= 4 is 0 Å². The first-order valence-corrected chi connectivity index (χ1v) is 14.4. The number of hydrogen-bond donors (Lipinski definition) is 0. The van der Waals surface area contributed by atoms with Crippen LogP contribution in [0, 0.1) is 5.92 Å². The van der Waals surface area contributed by atoms with E-state index in [0.29, 0.717) is 0 Å². The molecule has 1 aliphatic rings. The van der Waals surface area contributed by atoms with Crippen molar-refractivity contribution in [2.24, 2.45) is 5.92 Å². The quantitative estimate of drug-likeness (QED) is 0.157. The first-order valence-electron chi connectivity index (χ1n) is 14.4. The van der Waals surface area contributed by atoms with E-state index < -0.39 is 0 Å². The van der Waals surface area contributed by atoms with Crippen LogP contribution in [0.2, 0.25) is 0 Å². The first-order chi connectivity index (χ1) is 14.4. The lowest BCUT2D eigenvalue weighted by molar-refractivity contribution is 0.328. The Kier molecular flexibility index (Phi) is 21.1. The Morgan fingerprint density at radius 2 is 0.690 bits per heavy atom. The Hall–Kier alpha value is 0. The third-order valence-corrected chi connectivity index (χ3v) is 7.44. The highest BCUT2D eigenvalue weighted by molar-refractivity contribution is 4.65. The fourth-order valence-corrected chi connectivity index (χ4v) is 5.34. The second kappa shape index (κ2) is 22.7. The van der Waals surface area contributed by atoms with Crippen molar-refractivity contribution in [2.45, 2.75) is 180 Å². The van der Waals surface area contributed by atoms with E-state index in [4.69, 9.17) is 0 Å². The molecule has 0 N–H and O–H groups in total. The van der Waals surface area contributed by atoms with Crippen LogP contribution in [0.1, 0.15) is 180 Å². The van der Waals surface area contributed by atoms with Gasteiger partial charge in [0.1, 0.15) is 0 Å². The molecule has 0 amide bonds. The summed E-state index contributed by atoms with van der Waals surface area (Å²) in [5, 5.41) is 0. The SMILES string of the molecule is CCCCCCCCCCCCCCCCCCCCCCCC1CCCCC1. The second-order valence-electron chi connectivity index (χ2n) is 10.4. The van der Waals surface area contributed by atoms with Gasteiger partial charge in [-0.1, -0.05) is 180 Å². The van der Waals surface area contributed by atoms with Gasteiger partial charge in [0.2, 0.25) is 0 Å². The van der Waals surface area contributed by atoms with Gasteiger partial charge in [-0.25, -0.2) is 0 Å². The molecule has 0 radical (unpaired) electrons. The first kappa shape index (κ1) is 27.0. The number of hydrogen-bond acceptors (Lipinski definition) is 0. The van der Waals surface area contributed by atoms with Crippen molar-refractivity contribution < 1.29 is 0 Å². The maximum absolute atomic E-state index is 2.31. The Morgan fingerprint density at radius 3 is 1.03 bits per heavy atom. The van der Waals surface area contributed by atoms with Crippen LogP contribution < -0.4 is 0 Å².